The van der Waals surface area contributed by atoms with E-state index in [0.29, 0.717) is 13.2 Å². The number of rotatable bonds is 7. The molecule has 0 aliphatic carbocycles. The first-order valence-electron chi connectivity index (χ1n) is 5.40. The molecule has 0 heterocycles. The van der Waals surface area contributed by atoms with Crippen molar-refractivity contribution in [2.24, 2.45) is 0 Å². The molecule has 3 nitrogen and oxygen atoms in total. The van der Waals surface area contributed by atoms with Gasteiger partial charge in [-0.2, -0.15) is 0 Å². The second-order valence-electron chi connectivity index (χ2n) is 3.30. The molecule has 15 heavy (non-hydrogen) atoms. The zero-order valence-corrected chi connectivity index (χ0v) is 9.20. The fourth-order valence-electron chi connectivity index (χ4n) is 1.36. The van der Waals surface area contributed by atoms with E-state index in [4.69, 9.17) is 9.84 Å². The number of ether oxygens (including phenoxy) is 1. The quantitative estimate of drug-likeness (QED) is 0.663. The summed E-state index contributed by atoms with van der Waals surface area (Å²) in [5, 5.41) is 11.7. The van der Waals surface area contributed by atoms with Crippen molar-refractivity contribution in [2.75, 3.05) is 26.3 Å². The molecule has 1 aromatic carbocycles. The van der Waals surface area contributed by atoms with E-state index in [1.54, 1.807) is 0 Å². The largest absolute Gasteiger partial charge is 0.494 e. The van der Waals surface area contributed by atoms with E-state index in [9.17, 15) is 0 Å². The van der Waals surface area contributed by atoms with Gasteiger partial charge in [-0.25, -0.2) is 0 Å². The topological polar surface area (TPSA) is 41.5 Å². The van der Waals surface area contributed by atoms with E-state index < -0.39 is 0 Å². The van der Waals surface area contributed by atoms with Gasteiger partial charge in [-0.05, 0) is 37.6 Å². The molecule has 0 amide bonds. The molecule has 0 radical (unpaired) electrons. The molecule has 0 saturated heterocycles. The summed E-state index contributed by atoms with van der Waals surface area (Å²) in [5.41, 5.74) is 1.28. The standard InChI is InChI=1S/C12H19NO2/c1-2-15-12-5-3-11(4-6-12)7-8-13-9-10-14/h3-6,13-14H,2,7-10H2,1H3. The zero-order chi connectivity index (χ0) is 10.9. The van der Waals surface area contributed by atoms with Crippen molar-refractivity contribution in [3.8, 4) is 5.75 Å². The molecule has 84 valence electrons. The first-order chi connectivity index (χ1) is 7.36. The van der Waals surface area contributed by atoms with Crippen LogP contribution in [0.4, 0.5) is 0 Å². The van der Waals surface area contributed by atoms with Gasteiger partial charge in [-0.1, -0.05) is 12.1 Å². The minimum absolute atomic E-state index is 0.198. The summed E-state index contributed by atoms with van der Waals surface area (Å²) in [4.78, 5) is 0. The summed E-state index contributed by atoms with van der Waals surface area (Å²) < 4.78 is 5.36. The van der Waals surface area contributed by atoms with E-state index in [2.05, 4.69) is 17.4 Å². The van der Waals surface area contributed by atoms with Crippen LogP contribution in [0.1, 0.15) is 12.5 Å². The van der Waals surface area contributed by atoms with Gasteiger partial charge in [0.2, 0.25) is 0 Å². The summed E-state index contributed by atoms with van der Waals surface area (Å²) in [6.07, 6.45) is 0.979. The van der Waals surface area contributed by atoms with Crippen LogP contribution in [0, 0.1) is 0 Å². The van der Waals surface area contributed by atoms with Crippen molar-refractivity contribution in [1.29, 1.82) is 0 Å². The average molecular weight is 209 g/mol. The molecule has 0 saturated carbocycles. The SMILES string of the molecule is CCOc1ccc(CCNCCO)cc1. The van der Waals surface area contributed by atoms with Crippen LogP contribution in [0.25, 0.3) is 0 Å². The molecule has 0 fully saturated rings. The first kappa shape index (κ1) is 12.0. The lowest BCUT2D eigenvalue weighted by atomic mass is 10.1. The van der Waals surface area contributed by atoms with E-state index in [-0.39, 0.29) is 6.61 Å². The number of benzene rings is 1. The predicted molar refractivity (Wildman–Crippen MR) is 61.3 cm³/mol. The van der Waals surface area contributed by atoms with Crippen molar-refractivity contribution in [3.05, 3.63) is 29.8 Å². The molecule has 0 aromatic heterocycles. The van der Waals surface area contributed by atoms with Crippen LogP contribution in [0.3, 0.4) is 0 Å². The van der Waals surface area contributed by atoms with E-state index in [0.717, 1.165) is 18.7 Å². The Morgan fingerprint density at radius 3 is 2.53 bits per heavy atom. The lowest BCUT2D eigenvalue weighted by Gasteiger charge is -2.05. The Morgan fingerprint density at radius 1 is 1.20 bits per heavy atom. The normalized spacial score (nSPS) is 10.3. The highest BCUT2D eigenvalue weighted by Crippen LogP contribution is 2.11. The number of hydrogen-bond donors (Lipinski definition) is 2. The summed E-state index contributed by atoms with van der Waals surface area (Å²) in [7, 11) is 0. The Morgan fingerprint density at radius 2 is 1.93 bits per heavy atom. The summed E-state index contributed by atoms with van der Waals surface area (Å²) in [5.74, 6) is 0.921. The smallest absolute Gasteiger partial charge is 0.119 e. The van der Waals surface area contributed by atoms with Crippen molar-refractivity contribution in [1.82, 2.24) is 5.32 Å². The summed E-state index contributed by atoms with van der Waals surface area (Å²) >= 11 is 0. The van der Waals surface area contributed by atoms with Gasteiger partial charge in [0.15, 0.2) is 0 Å². The number of nitrogens with one attached hydrogen (secondary N) is 1. The van der Waals surface area contributed by atoms with Gasteiger partial charge < -0.3 is 15.2 Å². The minimum atomic E-state index is 0.198. The molecular weight excluding hydrogens is 190 g/mol. The molecule has 1 aromatic rings. The van der Waals surface area contributed by atoms with Gasteiger partial charge in [0, 0.05) is 6.54 Å². The Bertz CT molecular complexity index is 259. The van der Waals surface area contributed by atoms with Crippen LogP contribution < -0.4 is 10.1 Å². The number of hydrogen-bond acceptors (Lipinski definition) is 3. The number of aliphatic hydroxyl groups is 1. The third kappa shape index (κ3) is 4.81. The highest BCUT2D eigenvalue weighted by molar-refractivity contribution is 5.27. The summed E-state index contributed by atoms with van der Waals surface area (Å²) in [6, 6.07) is 8.13. The Hall–Kier alpha value is -1.06. The van der Waals surface area contributed by atoms with Gasteiger partial charge in [0.1, 0.15) is 5.75 Å². The lowest BCUT2D eigenvalue weighted by molar-refractivity contribution is 0.293. The molecule has 0 aliphatic heterocycles. The van der Waals surface area contributed by atoms with E-state index >= 15 is 0 Å². The van der Waals surface area contributed by atoms with Crippen LogP contribution in [-0.4, -0.2) is 31.4 Å². The Kier molecular flexibility index (Phi) is 5.81. The molecular formula is C12H19NO2. The number of aliphatic hydroxyl groups excluding tert-OH is 1. The van der Waals surface area contributed by atoms with Gasteiger partial charge in [-0.3, -0.25) is 0 Å². The highest BCUT2D eigenvalue weighted by Gasteiger charge is 1.94. The maximum absolute atomic E-state index is 8.58. The second kappa shape index (κ2) is 7.26. The predicted octanol–water partition coefficient (Wildman–Crippen LogP) is 1.21. The van der Waals surface area contributed by atoms with E-state index in [1.165, 1.54) is 5.56 Å². The average Bonchev–Trinajstić information content (AvgIpc) is 2.27. The molecule has 2 N–H and O–H groups in total. The lowest BCUT2D eigenvalue weighted by Crippen LogP contribution is -2.20. The fraction of sp³-hybridized carbons (Fsp3) is 0.500. The van der Waals surface area contributed by atoms with Crippen LogP contribution in [0.5, 0.6) is 5.75 Å². The summed E-state index contributed by atoms with van der Waals surface area (Å²) in [6.45, 7) is 4.44. The van der Waals surface area contributed by atoms with Gasteiger partial charge >= 0.3 is 0 Å². The van der Waals surface area contributed by atoms with Crippen molar-refractivity contribution >= 4 is 0 Å². The maximum Gasteiger partial charge on any atom is 0.119 e. The second-order valence-corrected chi connectivity index (χ2v) is 3.30. The highest BCUT2D eigenvalue weighted by atomic mass is 16.5. The van der Waals surface area contributed by atoms with Gasteiger partial charge in [0.25, 0.3) is 0 Å². The van der Waals surface area contributed by atoms with Crippen molar-refractivity contribution < 1.29 is 9.84 Å². The molecule has 1 rings (SSSR count). The Labute approximate surface area is 91.1 Å². The zero-order valence-electron chi connectivity index (χ0n) is 9.20. The fourth-order valence-corrected chi connectivity index (χ4v) is 1.36. The van der Waals surface area contributed by atoms with Crippen molar-refractivity contribution in [2.45, 2.75) is 13.3 Å². The Balaban J connectivity index is 2.29. The van der Waals surface area contributed by atoms with Crippen LogP contribution in [0.2, 0.25) is 0 Å². The third-order valence-corrected chi connectivity index (χ3v) is 2.11. The molecule has 0 aliphatic rings. The monoisotopic (exact) mass is 209 g/mol. The van der Waals surface area contributed by atoms with E-state index in [1.807, 2.05) is 19.1 Å². The van der Waals surface area contributed by atoms with Gasteiger partial charge in [-0.15, -0.1) is 0 Å². The third-order valence-electron chi connectivity index (χ3n) is 2.11. The maximum atomic E-state index is 8.58. The molecule has 0 bridgehead atoms. The minimum Gasteiger partial charge on any atom is -0.494 e. The van der Waals surface area contributed by atoms with Gasteiger partial charge in [0.05, 0.1) is 13.2 Å². The molecule has 0 atom stereocenters. The molecule has 0 unspecified atom stereocenters. The first-order valence-corrected chi connectivity index (χ1v) is 5.40. The van der Waals surface area contributed by atoms with Crippen LogP contribution in [-0.2, 0) is 6.42 Å². The molecule has 3 heteroatoms. The van der Waals surface area contributed by atoms with Crippen molar-refractivity contribution in [3.63, 3.8) is 0 Å². The van der Waals surface area contributed by atoms with Crippen LogP contribution >= 0.6 is 0 Å². The van der Waals surface area contributed by atoms with Crippen LogP contribution in [0.15, 0.2) is 24.3 Å². The molecule has 0 spiro atoms.